The second-order valence-electron chi connectivity index (χ2n) is 5.41. The minimum atomic E-state index is -0.116. The van der Waals surface area contributed by atoms with Gasteiger partial charge in [0.2, 0.25) is 5.91 Å². The zero-order chi connectivity index (χ0) is 16.1. The van der Waals surface area contributed by atoms with Gasteiger partial charge in [-0.1, -0.05) is 11.2 Å². The van der Waals surface area contributed by atoms with Crippen LogP contribution in [0.25, 0.3) is 0 Å². The SMILES string of the molecule is Cc1cc(NC(=O)CCc2ccc(OC(C)C)c(N)c2)no1. The molecular formula is C16H21N3O3. The molecule has 0 aliphatic heterocycles. The summed E-state index contributed by atoms with van der Waals surface area (Å²) in [6, 6.07) is 7.27. The van der Waals surface area contributed by atoms with Crippen molar-refractivity contribution in [3.05, 3.63) is 35.6 Å². The van der Waals surface area contributed by atoms with E-state index in [1.165, 1.54) is 0 Å². The lowest BCUT2D eigenvalue weighted by Crippen LogP contribution is -2.12. The molecule has 2 rings (SSSR count). The van der Waals surface area contributed by atoms with Crippen LogP contribution in [0.5, 0.6) is 5.75 Å². The molecule has 0 aliphatic carbocycles. The van der Waals surface area contributed by atoms with Gasteiger partial charge >= 0.3 is 0 Å². The van der Waals surface area contributed by atoms with E-state index in [4.69, 9.17) is 15.0 Å². The molecule has 118 valence electrons. The Labute approximate surface area is 129 Å². The summed E-state index contributed by atoms with van der Waals surface area (Å²) in [4.78, 5) is 11.8. The van der Waals surface area contributed by atoms with Crippen molar-refractivity contribution >= 4 is 17.4 Å². The van der Waals surface area contributed by atoms with Crippen molar-refractivity contribution in [3.8, 4) is 5.75 Å². The zero-order valence-electron chi connectivity index (χ0n) is 13.1. The maximum absolute atomic E-state index is 11.8. The van der Waals surface area contributed by atoms with Gasteiger partial charge in [-0.25, -0.2) is 0 Å². The van der Waals surface area contributed by atoms with Gasteiger partial charge < -0.3 is 20.3 Å². The van der Waals surface area contributed by atoms with Crippen LogP contribution < -0.4 is 15.8 Å². The summed E-state index contributed by atoms with van der Waals surface area (Å²) in [6.07, 6.45) is 1.01. The molecule has 6 nitrogen and oxygen atoms in total. The van der Waals surface area contributed by atoms with Crippen LogP contribution in [0.1, 0.15) is 31.6 Å². The normalized spacial score (nSPS) is 10.7. The first-order valence-corrected chi connectivity index (χ1v) is 7.22. The molecule has 0 saturated heterocycles. The third-order valence-corrected chi connectivity index (χ3v) is 2.97. The van der Waals surface area contributed by atoms with Gasteiger partial charge in [0.05, 0.1) is 11.8 Å². The van der Waals surface area contributed by atoms with E-state index >= 15 is 0 Å². The number of nitrogens with zero attached hydrogens (tertiary/aromatic N) is 1. The third kappa shape index (κ3) is 4.51. The Morgan fingerprint density at radius 1 is 1.41 bits per heavy atom. The summed E-state index contributed by atoms with van der Waals surface area (Å²) < 4.78 is 10.5. The smallest absolute Gasteiger partial charge is 0.225 e. The molecule has 2 aromatic rings. The zero-order valence-corrected chi connectivity index (χ0v) is 13.1. The minimum absolute atomic E-state index is 0.0739. The van der Waals surface area contributed by atoms with E-state index in [1.54, 1.807) is 13.0 Å². The minimum Gasteiger partial charge on any atom is -0.489 e. The van der Waals surface area contributed by atoms with Crippen LogP contribution in [0.2, 0.25) is 0 Å². The number of aryl methyl sites for hydroxylation is 2. The highest BCUT2D eigenvalue weighted by atomic mass is 16.5. The number of nitrogens with two attached hydrogens (primary N) is 1. The first kappa shape index (κ1) is 15.9. The van der Waals surface area contributed by atoms with Gasteiger partial charge in [-0.05, 0) is 44.9 Å². The molecule has 1 heterocycles. The topological polar surface area (TPSA) is 90.4 Å². The van der Waals surface area contributed by atoms with E-state index in [9.17, 15) is 4.79 Å². The van der Waals surface area contributed by atoms with Crippen molar-refractivity contribution in [2.75, 3.05) is 11.1 Å². The Hall–Kier alpha value is -2.50. The second kappa shape index (κ2) is 6.98. The Kier molecular flexibility index (Phi) is 5.04. The monoisotopic (exact) mass is 303 g/mol. The molecule has 1 aromatic heterocycles. The molecule has 22 heavy (non-hydrogen) atoms. The van der Waals surface area contributed by atoms with Gasteiger partial charge in [0.15, 0.2) is 5.82 Å². The predicted octanol–water partition coefficient (Wildman–Crippen LogP) is 2.92. The number of rotatable bonds is 6. The Balaban J connectivity index is 1.88. The van der Waals surface area contributed by atoms with Crippen LogP contribution in [0, 0.1) is 6.92 Å². The van der Waals surface area contributed by atoms with E-state index in [0.717, 1.165) is 5.56 Å². The summed E-state index contributed by atoms with van der Waals surface area (Å²) in [6.45, 7) is 5.67. The second-order valence-corrected chi connectivity index (χ2v) is 5.41. The molecule has 0 spiro atoms. The number of nitrogens with one attached hydrogen (secondary N) is 1. The number of hydrogen-bond donors (Lipinski definition) is 2. The van der Waals surface area contributed by atoms with Gasteiger partial charge in [0.25, 0.3) is 0 Å². The fraction of sp³-hybridized carbons (Fsp3) is 0.375. The van der Waals surface area contributed by atoms with Crippen LogP contribution in [0.4, 0.5) is 11.5 Å². The lowest BCUT2D eigenvalue weighted by atomic mass is 10.1. The fourth-order valence-electron chi connectivity index (χ4n) is 2.00. The van der Waals surface area contributed by atoms with Crippen molar-refractivity contribution in [1.82, 2.24) is 5.16 Å². The van der Waals surface area contributed by atoms with Gasteiger partial charge in [-0.15, -0.1) is 0 Å². The molecular weight excluding hydrogens is 282 g/mol. The van der Waals surface area contributed by atoms with Gasteiger partial charge in [-0.2, -0.15) is 0 Å². The van der Waals surface area contributed by atoms with Crippen LogP contribution in [0.3, 0.4) is 0 Å². The highest BCUT2D eigenvalue weighted by molar-refractivity contribution is 5.89. The summed E-state index contributed by atoms with van der Waals surface area (Å²) >= 11 is 0. The molecule has 0 unspecified atom stereocenters. The van der Waals surface area contributed by atoms with Crippen LogP contribution in [-0.4, -0.2) is 17.2 Å². The Bertz CT molecular complexity index is 650. The molecule has 3 N–H and O–H groups in total. The molecule has 0 aliphatic rings. The molecule has 6 heteroatoms. The van der Waals surface area contributed by atoms with Gasteiger partial charge in [0, 0.05) is 12.5 Å². The lowest BCUT2D eigenvalue weighted by molar-refractivity contribution is -0.116. The van der Waals surface area contributed by atoms with Crippen molar-refractivity contribution in [1.29, 1.82) is 0 Å². The fourth-order valence-corrected chi connectivity index (χ4v) is 2.00. The predicted molar refractivity (Wildman–Crippen MR) is 84.8 cm³/mol. The van der Waals surface area contributed by atoms with Crippen molar-refractivity contribution < 1.29 is 14.1 Å². The summed E-state index contributed by atoms with van der Waals surface area (Å²) in [5, 5.41) is 6.41. The average molecular weight is 303 g/mol. The summed E-state index contributed by atoms with van der Waals surface area (Å²) in [5.74, 6) is 1.64. The van der Waals surface area contributed by atoms with Crippen LogP contribution in [-0.2, 0) is 11.2 Å². The van der Waals surface area contributed by atoms with E-state index in [0.29, 0.717) is 35.9 Å². The number of ether oxygens (including phenoxy) is 1. The van der Waals surface area contributed by atoms with E-state index in [2.05, 4.69) is 10.5 Å². The van der Waals surface area contributed by atoms with Crippen LogP contribution >= 0.6 is 0 Å². The first-order valence-electron chi connectivity index (χ1n) is 7.22. The molecule has 0 bridgehead atoms. The number of benzene rings is 1. The number of nitrogen functional groups attached to an aromatic ring is 1. The quantitative estimate of drug-likeness (QED) is 0.801. The first-order chi connectivity index (χ1) is 10.4. The van der Waals surface area contributed by atoms with E-state index in [-0.39, 0.29) is 12.0 Å². The van der Waals surface area contributed by atoms with E-state index < -0.39 is 0 Å². The summed E-state index contributed by atoms with van der Waals surface area (Å²) in [5.41, 5.74) is 7.52. The number of amides is 1. The summed E-state index contributed by atoms with van der Waals surface area (Å²) in [7, 11) is 0. The van der Waals surface area contributed by atoms with Crippen LogP contribution in [0.15, 0.2) is 28.8 Å². The highest BCUT2D eigenvalue weighted by Gasteiger charge is 2.08. The van der Waals surface area contributed by atoms with E-state index in [1.807, 2.05) is 32.0 Å². The maximum Gasteiger partial charge on any atom is 0.225 e. The standard InChI is InChI=1S/C16H21N3O3/c1-10(2)21-14-6-4-12(9-13(14)17)5-7-16(20)18-15-8-11(3)22-19-15/h4,6,8-10H,5,7,17H2,1-3H3,(H,18,19,20). The van der Waals surface area contributed by atoms with Gasteiger partial charge in [0.1, 0.15) is 11.5 Å². The molecule has 1 amide bonds. The molecule has 0 radical (unpaired) electrons. The number of anilines is 2. The third-order valence-electron chi connectivity index (χ3n) is 2.97. The molecule has 0 atom stereocenters. The number of carbonyl (C=O) groups is 1. The number of aromatic nitrogens is 1. The molecule has 1 aromatic carbocycles. The molecule has 0 saturated carbocycles. The Morgan fingerprint density at radius 2 is 2.18 bits per heavy atom. The average Bonchev–Trinajstić information content (AvgIpc) is 2.84. The molecule has 0 fully saturated rings. The Morgan fingerprint density at radius 3 is 2.77 bits per heavy atom. The number of hydrogen-bond acceptors (Lipinski definition) is 5. The largest absolute Gasteiger partial charge is 0.489 e. The lowest BCUT2D eigenvalue weighted by Gasteiger charge is -2.13. The maximum atomic E-state index is 11.8. The van der Waals surface area contributed by atoms with Crippen molar-refractivity contribution in [2.24, 2.45) is 0 Å². The van der Waals surface area contributed by atoms with Gasteiger partial charge in [-0.3, -0.25) is 4.79 Å². The van der Waals surface area contributed by atoms with Crippen molar-refractivity contribution in [3.63, 3.8) is 0 Å². The number of carbonyl (C=O) groups excluding carboxylic acids is 1. The van der Waals surface area contributed by atoms with Crippen molar-refractivity contribution in [2.45, 2.75) is 39.7 Å². The highest BCUT2D eigenvalue weighted by Crippen LogP contribution is 2.24.